The van der Waals surface area contributed by atoms with Crippen LogP contribution in [-0.4, -0.2) is 18.4 Å². The molecule has 12 heavy (non-hydrogen) atoms. The molecule has 0 spiro atoms. The van der Waals surface area contributed by atoms with Crippen LogP contribution in [0.15, 0.2) is 4.76 Å². The van der Waals surface area contributed by atoms with Crippen LogP contribution in [0.3, 0.4) is 0 Å². The topological polar surface area (TPSA) is 47.9 Å². The molecular formula is C6H10NO3PS. The second-order valence-electron chi connectivity index (χ2n) is 3.37. The van der Waals surface area contributed by atoms with Gasteiger partial charge >= 0.3 is 7.75 Å². The Morgan fingerprint density at radius 3 is 2.42 bits per heavy atom. The molecule has 68 valence electrons. The lowest BCUT2D eigenvalue weighted by Crippen LogP contribution is -2.28. The van der Waals surface area contributed by atoms with Gasteiger partial charge in [0, 0.05) is 5.41 Å². The van der Waals surface area contributed by atoms with Crippen molar-refractivity contribution in [3.8, 4) is 0 Å². The van der Waals surface area contributed by atoms with Gasteiger partial charge in [0.15, 0.2) is 0 Å². The van der Waals surface area contributed by atoms with Crippen LogP contribution in [0.1, 0.15) is 13.8 Å². The van der Waals surface area contributed by atoms with E-state index in [-0.39, 0.29) is 5.41 Å². The quantitative estimate of drug-likeness (QED) is 0.376. The Kier molecular flexibility index (Phi) is 2.81. The minimum atomic E-state index is -3.28. The summed E-state index contributed by atoms with van der Waals surface area (Å²) in [7, 11) is -3.28. The summed E-state index contributed by atoms with van der Waals surface area (Å²) in [6, 6.07) is 0. The molecule has 1 fully saturated rings. The van der Waals surface area contributed by atoms with E-state index in [0.29, 0.717) is 13.2 Å². The fraction of sp³-hybridized carbons (Fsp3) is 0.833. The van der Waals surface area contributed by atoms with Crippen molar-refractivity contribution in [3.63, 3.8) is 0 Å². The van der Waals surface area contributed by atoms with Gasteiger partial charge in [0.1, 0.15) is 0 Å². The third-order valence-corrected chi connectivity index (χ3v) is 2.88. The Morgan fingerprint density at radius 2 is 2.00 bits per heavy atom. The smallest absolute Gasteiger partial charge is 0.290 e. The molecule has 1 rings (SSSR count). The zero-order valence-corrected chi connectivity index (χ0v) is 8.65. The van der Waals surface area contributed by atoms with Crippen LogP contribution in [0.2, 0.25) is 0 Å². The van der Waals surface area contributed by atoms with Gasteiger partial charge < -0.3 is 0 Å². The third-order valence-electron chi connectivity index (χ3n) is 1.40. The van der Waals surface area contributed by atoms with Gasteiger partial charge in [-0.2, -0.15) is 0 Å². The molecule has 4 nitrogen and oxygen atoms in total. The molecule has 1 saturated heterocycles. The zero-order valence-electron chi connectivity index (χ0n) is 6.94. The lowest BCUT2D eigenvalue weighted by Gasteiger charge is -2.31. The summed E-state index contributed by atoms with van der Waals surface area (Å²) >= 11 is 4.31. The third kappa shape index (κ3) is 2.47. The molecule has 0 bridgehead atoms. The highest BCUT2D eigenvalue weighted by Gasteiger charge is 2.36. The van der Waals surface area contributed by atoms with E-state index in [1.165, 1.54) is 0 Å². The Bertz CT molecular complexity index is 258. The maximum atomic E-state index is 11.4. The molecule has 0 aromatic rings. The van der Waals surface area contributed by atoms with Crippen molar-refractivity contribution >= 4 is 25.1 Å². The SMILES string of the molecule is CC1(C)COP(=O)(N=C=S)OC1. The first-order valence-corrected chi connectivity index (χ1v) is 5.36. The second kappa shape index (κ2) is 3.36. The molecule has 0 N–H and O–H groups in total. The largest absolute Gasteiger partial charge is 0.462 e. The first-order chi connectivity index (χ1) is 5.47. The average molecular weight is 207 g/mol. The molecule has 1 aliphatic rings. The Hall–Kier alpha value is -0.0500. The van der Waals surface area contributed by atoms with Crippen molar-refractivity contribution in [1.82, 2.24) is 0 Å². The molecule has 0 aromatic heterocycles. The van der Waals surface area contributed by atoms with E-state index >= 15 is 0 Å². The fourth-order valence-electron chi connectivity index (χ4n) is 0.699. The number of isothiocyanates is 1. The second-order valence-corrected chi connectivity index (χ2v) is 5.21. The zero-order chi connectivity index (χ0) is 9.24. The van der Waals surface area contributed by atoms with E-state index < -0.39 is 7.75 Å². The molecule has 0 atom stereocenters. The van der Waals surface area contributed by atoms with E-state index in [4.69, 9.17) is 9.05 Å². The van der Waals surface area contributed by atoms with Gasteiger partial charge in [-0.3, -0.25) is 9.05 Å². The fourth-order valence-corrected chi connectivity index (χ4v) is 2.31. The summed E-state index contributed by atoms with van der Waals surface area (Å²) in [6.07, 6.45) is 0. The van der Waals surface area contributed by atoms with Gasteiger partial charge in [0.05, 0.1) is 18.4 Å². The molecule has 0 radical (unpaired) electrons. The molecule has 0 aromatic carbocycles. The van der Waals surface area contributed by atoms with Crippen LogP contribution in [0.4, 0.5) is 0 Å². The predicted molar refractivity (Wildman–Crippen MR) is 48.3 cm³/mol. The Labute approximate surface area is 76.6 Å². The first-order valence-electron chi connectivity index (χ1n) is 3.46. The lowest BCUT2D eigenvalue weighted by molar-refractivity contribution is 0.0419. The molecule has 0 saturated carbocycles. The number of hydrogen-bond donors (Lipinski definition) is 0. The standard InChI is InChI=1S/C6H10NO3PS/c1-6(2)3-9-11(8,7-5-12)10-4-6/h3-4H2,1-2H3. The monoisotopic (exact) mass is 207 g/mol. The van der Waals surface area contributed by atoms with Gasteiger partial charge in [-0.25, -0.2) is 4.57 Å². The highest BCUT2D eigenvalue weighted by atomic mass is 32.1. The number of nitrogens with zero attached hydrogens (tertiary/aromatic N) is 1. The van der Waals surface area contributed by atoms with E-state index in [1.807, 2.05) is 19.0 Å². The van der Waals surface area contributed by atoms with E-state index in [2.05, 4.69) is 17.0 Å². The van der Waals surface area contributed by atoms with E-state index in [9.17, 15) is 4.57 Å². The van der Waals surface area contributed by atoms with Crippen molar-refractivity contribution in [2.75, 3.05) is 13.2 Å². The van der Waals surface area contributed by atoms with Crippen LogP contribution in [-0.2, 0) is 13.6 Å². The molecule has 0 unspecified atom stereocenters. The van der Waals surface area contributed by atoms with Crippen LogP contribution in [0.25, 0.3) is 0 Å². The van der Waals surface area contributed by atoms with Gasteiger partial charge in [-0.1, -0.05) is 13.8 Å². The van der Waals surface area contributed by atoms with Gasteiger partial charge in [0.25, 0.3) is 0 Å². The summed E-state index contributed by atoms with van der Waals surface area (Å²) in [5, 5.41) is 2.00. The predicted octanol–water partition coefficient (Wildman–Crippen LogP) is 2.27. The van der Waals surface area contributed by atoms with Crippen molar-refractivity contribution in [2.45, 2.75) is 13.8 Å². The number of rotatable bonds is 1. The van der Waals surface area contributed by atoms with Gasteiger partial charge in [-0.05, 0) is 12.2 Å². The summed E-state index contributed by atoms with van der Waals surface area (Å²) in [5.74, 6) is 0. The normalized spacial score (nSPS) is 25.8. The number of thiocarbonyl (C=S) groups is 1. The van der Waals surface area contributed by atoms with Crippen LogP contribution < -0.4 is 0 Å². The van der Waals surface area contributed by atoms with Gasteiger partial charge in [-0.15, -0.1) is 4.76 Å². The Morgan fingerprint density at radius 1 is 1.50 bits per heavy atom. The van der Waals surface area contributed by atoms with Crippen LogP contribution >= 0.6 is 20.0 Å². The van der Waals surface area contributed by atoms with Crippen molar-refractivity contribution < 1.29 is 13.6 Å². The summed E-state index contributed by atoms with van der Waals surface area (Å²) in [5.41, 5.74) is -0.106. The summed E-state index contributed by atoms with van der Waals surface area (Å²) < 4.78 is 24.7. The minimum Gasteiger partial charge on any atom is -0.290 e. The maximum absolute atomic E-state index is 11.4. The van der Waals surface area contributed by atoms with Crippen molar-refractivity contribution in [1.29, 1.82) is 0 Å². The molecule has 0 amide bonds. The number of hydrogen-bond acceptors (Lipinski definition) is 4. The summed E-state index contributed by atoms with van der Waals surface area (Å²) in [4.78, 5) is 0. The first kappa shape index (κ1) is 10.0. The average Bonchev–Trinajstić information content (AvgIpc) is 1.98. The Balaban J connectivity index is 2.68. The molecule has 1 heterocycles. The van der Waals surface area contributed by atoms with Gasteiger partial charge in [0.2, 0.25) is 0 Å². The lowest BCUT2D eigenvalue weighted by atomic mass is 9.97. The summed E-state index contributed by atoms with van der Waals surface area (Å²) in [6.45, 7) is 4.64. The molecule has 0 aliphatic carbocycles. The molecule has 1 aliphatic heterocycles. The maximum Gasteiger partial charge on any atom is 0.462 e. The van der Waals surface area contributed by atoms with Crippen molar-refractivity contribution in [2.24, 2.45) is 10.2 Å². The molecule has 6 heteroatoms. The van der Waals surface area contributed by atoms with Crippen LogP contribution in [0.5, 0.6) is 0 Å². The van der Waals surface area contributed by atoms with Crippen LogP contribution in [0, 0.1) is 5.41 Å². The van der Waals surface area contributed by atoms with Crippen molar-refractivity contribution in [3.05, 3.63) is 0 Å². The molecular weight excluding hydrogens is 197 g/mol. The minimum absolute atomic E-state index is 0.106. The highest BCUT2D eigenvalue weighted by Crippen LogP contribution is 2.54. The van der Waals surface area contributed by atoms with E-state index in [0.717, 1.165) is 0 Å². The highest BCUT2D eigenvalue weighted by molar-refractivity contribution is 7.78. The van der Waals surface area contributed by atoms with E-state index in [1.54, 1.807) is 0 Å².